The van der Waals surface area contributed by atoms with Crippen LogP contribution in [0.4, 0.5) is 4.79 Å². The van der Waals surface area contributed by atoms with Crippen LogP contribution in [0.5, 0.6) is 0 Å². The minimum atomic E-state index is -0.258. The number of aliphatic hydroxyl groups excluding tert-OH is 1. The van der Waals surface area contributed by atoms with Crippen molar-refractivity contribution in [3.05, 3.63) is 12.2 Å². The van der Waals surface area contributed by atoms with E-state index >= 15 is 0 Å². The predicted molar refractivity (Wildman–Crippen MR) is 150 cm³/mol. The molecule has 0 radical (unpaired) electrons. The van der Waals surface area contributed by atoms with Crippen LogP contribution < -0.4 is 5.32 Å². The van der Waals surface area contributed by atoms with Gasteiger partial charge < -0.3 is 15.2 Å². The van der Waals surface area contributed by atoms with Crippen molar-refractivity contribution in [2.24, 2.45) is 56.7 Å². The molecule has 0 heterocycles. The maximum absolute atomic E-state index is 12.3. The van der Waals surface area contributed by atoms with Crippen LogP contribution in [0.25, 0.3) is 0 Å². The van der Waals surface area contributed by atoms with E-state index in [0.29, 0.717) is 53.1 Å². The Balaban J connectivity index is 1.49. The van der Waals surface area contributed by atoms with Gasteiger partial charge in [0.25, 0.3) is 0 Å². The number of fused-ring (bicyclic) bond motifs is 7. The van der Waals surface area contributed by atoms with Gasteiger partial charge in [0.15, 0.2) is 0 Å². The number of amides is 1. The molecule has 1 amide bonds. The third kappa shape index (κ3) is 3.73. The number of ether oxygens (including phenoxy) is 1. The Morgan fingerprint density at radius 3 is 2.32 bits per heavy atom. The van der Waals surface area contributed by atoms with Crippen LogP contribution in [-0.2, 0) is 4.74 Å². The number of nitrogens with one attached hydrogen (secondary N) is 1. The topological polar surface area (TPSA) is 58.6 Å². The Labute approximate surface area is 226 Å². The molecule has 0 aromatic rings. The van der Waals surface area contributed by atoms with Crippen molar-refractivity contribution >= 4 is 6.09 Å². The molecule has 5 saturated carbocycles. The second-order valence-corrected chi connectivity index (χ2v) is 15.5. The molecular formula is C33H55NO3. The van der Waals surface area contributed by atoms with Crippen molar-refractivity contribution in [1.82, 2.24) is 5.32 Å². The van der Waals surface area contributed by atoms with E-state index in [0.717, 1.165) is 18.8 Å². The van der Waals surface area contributed by atoms with E-state index in [1.54, 1.807) is 0 Å². The zero-order chi connectivity index (χ0) is 27.0. The number of aliphatic hydroxyl groups is 1. The summed E-state index contributed by atoms with van der Waals surface area (Å²) in [5, 5.41) is 13.8. The lowest BCUT2D eigenvalue weighted by Crippen LogP contribution is -2.66. The van der Waals surface area contributed by atoms with Gasteiger partial charge in [0, 0.05) is 12.0 Å². The quantitative estimate of drug-likeness (QED) is 0.378. The highest BCUT2D eigenvalue weighted by atomic mass is 16.5. The Hall–Kier alpha value is -1.03. The number of hydrogen-bond acceptors (Lipinski definition) is 3. The molecule has 37 heavy (non-hydrogen) atoms. The van der Waals surface area contributed by atoms with Gasteiger partial charge in [-0.25, -0.2) is 4.79 Å². The molecule has 210 valence electrons. The molecule has 0 bridgehead atoms. The summed E-state index contributed by atoms with van der Waals surface area (Å²) in [7, 11) is 0. The maximum Gasteiger partial charge on any atom is 0.407 e. The smallest absolute Gasteiger partial charge is 0.407 e. The largest absolute Gasteiger partial charge is 0.449 e. The molecule has 0 saturated heterocycles. The summed E-state index contributed by atoms with van der Waals surface area (Å²) in [4.78, 5) is 12.3. The molecule has 4 heteroatoms. The van der Waals surface area contributed by atoms with Crippen LogP contribution in [0.3, 0.4) is 0 Å². The zero-order valence-corrected chi connectivity index (χ0v) is 24.9. The van der Waals surface area contributed by atoms with Crippen LogP contribution >= 0.6 is 0 Å². The Bertz CT molecular complexity index is 929. The van der Waals surface area contributed by atoms with E-state index in [9.17, 15) is 9.90 Å². The third-order valence-electron chi connectivity index (χ3n) is 14.0. The maximum atomic E-state index is 12.3. The third-order valence-corrected chi connectivity index (χ3v) is 14.0. The lowest BCUT2D eigenvalue weighted by molar-refractivity contribution is -0.249. The number of carbonyl (C=O) groups is 1. The Morgan fingerprint density at radius 2 is 1.65 bits per heavy atom. The van der Waals surface area contributed by atoms with Gasteiger partial charge in [0.05, 0.1) is 12.7 Å². The molecule has 5 aliphatic carbocycles. The number of rotatable bonds is 4. The minimum absolute atomic E-state index is 0.000698. The molecule has 0 unspecified atom stereocenters. The van der Waals surface area contributed by atoms with Crippen LogP contribution in [0.15, 0.2) is 12.2 Å². The first-order chi connectivity index (χ1) is 17.3. The fraction of sp³-hybridized carbons (Fsp3) is 0.909. The first-order valence-electron chi connectivity index (χ1n) is 15.5. The highest BCUT2D eigenvalue weighted by Crippen LogP contribution is 2.77. The molecule has 0 aromatic carbocycles. The number of hydrogen-bond donors (Lipinski definition) is 2. The van der Waals surface area contributed by atoms with Crippen molar-refractivity contribution in [3.63, 3.8) is 0 Å². The van der Waals surface area contributed by atoms with E-state index < -0.39 is 0 Å². The second-order valence-electron chi connectivity index (χ2n) is 15.5. The molecule has 0 spiro atoms. The molecule has 5 rings (SSSR count). The summed E-state index contributed by atoms with van der Waals surface area (Å²) in [6, 6.07) is 0. The van der Waals surface area contributed by atoms with Gasteiger partial charge >= 0.3 is 6.09 Å². The van der Waals surface area contributed by atoms with E-state index in [-0.39, 0.29) is 23.0 Å². The molecule has 4 nitrogen and oxygen atoms in total. The minimum Gasteiger partial charge on any atom is -0.449 e. The van der Waals surface area contributed by atoms with Crippen molar-refractivity contribution in [2.75, 3.05) is 13.2 Å². The van der Waals surface area contributed by atoms with Crippen molar-refractivity contribution in [3.8, 4) is 0 Å². The molecule has 0 aromatic heterocycles. The molecular weight excluding hydrogens is 458 g/mol. The fourth-order valence-corrected chi connectivity index (χ4v) is 11.9. The second kappa shape index (κ2) is 9.00. The van der Waals surface area contributed by atoms with Gasteiger partial charge in [-0.05, 0) is 129 Å². The van der Waals surface area contributed by atoms with Crippen molar-refractivity contribution in [2.45, 2.75) is 119 Å². The lowest BCUT2D eigenvalue weighted by atomic mass is 9.32. The van der Waals surface area contributed by atoms with Gasteiger partial charge in [0.1, 0.15) is 0 Å². The van der Waals surface area contributed by atoms with Crippen LogP contribution in [-0.4, -0.2) is 30.5 Å². The molecule has 5 aliphatic rings. The summed E-state index contributed by atoms with van der Waals surface area (Å²) in [5.41, 5.74) is 2.35. The SMILES string of the molecule is C=C(C)[C@@H]1CC[C@]2(COC(=O)NCC)CC[C@]3(C)[C@H](CC[C@@H]4[C@@]5(C)CC[C@H](O)C(C)(C)[C@@H]5CC[C@]43C)[C@@H]12. The Morgan fingerprint density at radius 1 is 0.919 bits per heavy atom. The number of carbonyl (C=O) groups excluding carboxylic acids is 1. The predicted octanol–water partition coefficient (Wildman–Crippen LogP) is 7.75. The van der Waals surface area contributed by atoms with Gasteiger partial charge in [-0.3, -0.25) is 0 Å². The summed E-state index contributed by atoms with van der Waals surface area (Å²) in [5.74, 6) is 3.08. The van der Waals surface area contributed by atoms with Crippen LogP contribution in [0, 0.1) is 56.7 Å². The first kappa shape index (κ1) is 27.5. The van der Waals surface area contributed by atoms with E-state index in [1.165, 1.54) is 56.9 Å². The van der Waals surface area contributed by atoms with E-state index in [2.05, 4.69) is 53.4 Å². The highest BCUT2D eigenvalue weighted by molar-refractivity contribution is 5.67. The highest BCUT2D eigenvalue weighted by Gasteiger charge is 2.70. The standard InChI is InChI=1S/C33H55NO3/c1-9-34-28(36)37-20-33-17-12-22(21(2)3)27(33)23-10-11-25-30(6)15-14-26(35)29(4,5)24(30)13-16-32(25,8)31(23,7)18-19-33/h22-27,35H,2,9-20H2,1,3-8H3,(H,34,36)/t22-,23+,24-,25+,26-,27+,30-,31+,32+,33+/m0/s1. The molecule has 5 fully saturated rings. The van der Waals surface area contributed by atoms with Gasteiger partial charge in [-0.1, -0.05) is 46.8 Å². The molecule has 2 N–H and O–H groups in total. The van der Waals surface area contributed by atoms with Gasteiger partial charge in [-0.2, -0.15) is 0 Å². The number of alkyl carbamates (subject to hydrolysis) is 1. The summed E-state index contributed by atoms with van der Waals surface area (Å²) in [6.07, 6.45) is 11.6. The average molecular weight is 514 g/mol. The summed E-state index contributed by atoms with van der Waals surface area (Å²) in [6.45, 7) is 22.5. The van der Waals surface area contributed by atoms with Gasteiger partial charge in [0.2, 0.25) is 0 Å². The first-order valence-corrected chi connectivity index (χ1v) is 15.5. The lowest BCUT2D eigenvalue weighted by Gasteiger charge is -2.73. The van der Waals surface area contributed by atoms with Crippen molar-refractivity contribution in [1.29, 1.82) is 0 Å². The molecule has 0 aliphatic heterocycles. The normalized spacial score (nSPS) is 50.2. The van der Waals surface area contributed by atoms with E-state index in [1.807, 2.05) is 6.92 Å². The fourth-order valence-electron chi connectivity index (χ4n) is 11.9. The Kier molecular flexibility index (Phi) is 6.70. The van der Waals surface area contributed by atoms with Crippen molar-refractivity contribution < 1.29 is 14.6 Å². The summed E-state index contributed by atoms with van der Waals surface area (Å²) >= 11 is 0. The number of allylic oxidation sites excluding steroid dienone is 1. The average Bonchev–Trinajstić information content (AvgIpc) is 3.21. The summed E-state index contributed by atoms with van der Waals surface area (Å²) < 4.78 is 5.92. The van der Waals surface area contributed by atoms with E-state index in [4.69, 9.17) is 4.74 Å². The van der Waals surface area contributed by atoms with Gasteiger partial charge in [-0.15, -0.1) is 0 Å². The monoisotopic (exact) mass is 513 g/mol. The van der Waals surface area contributed by atoms with Crippen LogP contribution in [0.1, 0.15) is 113 Å². The van der Waals surface area contributed by atoms with Crippen LogP contribution in [0.2, 0.25) is 0 Å². The molecule has 10 atom stereocenters. The zero-order valence-electron chi connectivity index (χ0n) is 24.9.